The maximum absolute atomic E-state index is 15.2. The van der Waals surface area contributed by atoms with Gasteiger partial charge in [0.05, 0.1) is 18.6 Å². The van der Waals surface area contributed by atoms with E-state index in [4.69, 9.17) is 18.9 Å². The van der Waals surface area contributed by atoms with Crippen molar-refractivity contribution in [1.82, 2.24) is 15.1 Å². The summed E-state index contributed by atoms with van der Waals surface area (Å²) in [5, 5.41) is 4.96. The van der Waals surface area contributed by atoms with Crippen molar-refractivity contribution in [3.05, 3.63) is 77.1 Å². The Morgan fingerprint density at radius 1 is 0.980 bits per heavy atom. The molecule has 2 aliphatic rings. The molecule has 12 heteroatoms. The molecule has 2 fully saturated rings. The maximum Gasteiger partial charge on any atom is 0.412 e. The van der Waals surface area contributed by atoms with Crippen LogP contribution in [0.3, 0.4) is 0 Å². The van der Waals surface area contributed by atoms with Gasteiger partial charge in [-0.15, -0.1) is 0 Å². The molecule has 1 saturated heterocycles. The van der Waals surface area contributed by atoms with Crippen LogP contribution in [-0.2, 0) is 25.6 Å². The third-order valence-corrected chi connectivity index (χ3v) is 9.32. The van der Waals surface area contributed by atoms with E-state index in [9.17, 15) is 19.2 Å². The first-order valence-electron chi connectivity index (χ1n) is 16.9. The van der Waals surface area contributed by atoms with Crippen LogP contribution >= 0.6 is 0 Å². The molecule has 268 valence electrons. The average molecular weight is 692 g/mol. The van der Waals surface area contributed by atoms with Crippen molar-refractivity contribution < 1.29 is 42.5 Å². The number of rotatable bonds is 7. The molecule has 1 heterocycles. The lowest BCUT2D eigenvalue weighted by Crippen LogP contribution is -2.60. The van der Waals surface area contributed by atoms with Crippen LogP contribution in [0, 0.1) is 18.2 Å². The van der Waals surface area contributed by atoms with Crippen molar-refractivity contribution in [3.63, 3.8) is 0 Å². The number of benzene rings is 3. The van der Waals surface area contributed by atoms with E-state index >= 15 is 4.39 Å². The van der Waals surface area contributed by atoms with Crippen molar-refractivity contribution in [2.75, 3.05) is 20.3 Å². The van der Waals surface area contributed by atoms with Crippen LogP contribution < -0.4 is 10.1 Å². The van der Waals surface area contributed by atoms with Crippen molar-refractivity contribution in [1.29, 1.82) is 0 Å². The molecule has 3 aromatic rings. The number of carbonyl (C=O) groups excluding carboxylic acids is 4. The number of nitrogens with zero attached hydrogens (tertiary/aromatic N) is 2. The Balaban J connectivity index is 1.19. The van der Waals surface area contributed by atoms with Crippen LogP contribution in [0.5, 0.6) is 5.75 Å². The second-order valence-electron chi connectivity index (χ2n) is 14.3. The first-order valence-corrected chi connectivity index (χ1v) is 16.9. The Kier molecular flexibility index (Phi) is 10.9. The molecule has 0 radical (unpaired) electrons. The minimum Gasteiger partial charge on any atom is -0.487 e. The fraction of sp³-hybridized carbons (Fsp3) is 0.474. The van der Waals surface area contributed by atoms with Gasteiger partial charge in [0.1, 0.15) is 25.0 Å². The molecule has 1 aliphatic carbocycles. The number of esters is 1. The van der Waals surface area contributed by atoms with Gasteiger partial charge in [-0.05, 0) is 94.3 Å². The lowest BCUT2D eigenvalue weighted by molar-refractivity contribution is -0.159. The van der Waals surface area contributed by atoms with Gasteiger partial charge in [-0.3, -0.25) is 19.4 Å². The van der Waals surface area contributed by atoms with Crippen LogP contribution in [0.25, 0.3) is 10.8 Å². The van der Waals surface area contributed by atoms with Gasteiger partial charge < -0.3 is 24.3 Å². The molecule has 1 saturated carbocycles. The van der Waals surface area contributed by atoms with Crippen molar-refractivity contribution in [2.45, 2.75) is 91.2 Å². The summed E-state index contributed by atoms with van der Waals surface area (Å²) in [7, 11) is 1.21. The van der Waals surface area contributed by atoms with Crippen LogP contribution in [-0.4, -0.2) is 72.1 Å². The highest BCUT2D eigenvalue weighted by Gasteiger charge is 2.40. The van der Waals surface area contributed by atoms with E-state index in [0.717, 1.165) is 16.3 Å². The van der Waals surface area contributed by atoms with Crippen LogP contribution in [0.4, 0.5) is 14.0 Å². The molecule has 3 aromatic carbocycles. The number of halogens is 1. The molecule has 11 nitrogen and oxygen atoms in total. The Morgan fingerprint density at radius 2 is 1.68 bits per heavy atom. The molecular weight excluding hydrogens is 645 g/mol. The summed E-state index contributed by atoms with van der Waals surface area (Å²) in [5.74, 6) is -1.49. The number of hydrogen-bond donors (Lipinski definition) is 1. The quantitative estimate of drug-likeness (QED) is 0.206. The lowest BCUT2D eigenvalue weighted by atomic mass is 9.74. The maximum atomic E-state index is 15.2. The predicted molar refractivity (Wildman–Crippen MR) is 184 cm³/mol. The summed E-state index contributed by atoms with van der Waals surface area (Å²) in [6.07, 6.45) is -0.269. The van der Waals surface area contributed by atoms with Crippen LogP contribution in [0.2, 0.25) is 0 Å². The molecule has 0 spiro atoms. The number of methoxy groups -OCH3 is 1. The van der Waals surface area contributed by atoms with Crippen molar-refractivity contribution in [3.8, 4) is 5.75 Å². The highest BCUT2D eigenvalue weighted by molar-refractivity contribution is 5.96. The molecule has 1 aliphatic heterocycles. The van der Waals surface area contributed by atoms with Gasteiger partial charge in [0.2, 0.25) is 0 Å². The molecular formula is C38H46FN3O8. The van der Waals surface area contributed by atoms with E-state index in [1.165, 1.54) is 29.0 Å². The number of aryl methyl sites for hydroxylation is 1. The fourth-order valence-corrected chi connectivity index (χ4v) is 6.40. The summed E-state index contributed by atoms with van der Waals surface area (Å²) >= 11 is 0. The van der Waals surface area contributed by atoms with Gasteiger partial charge in [-0.2, -0.15) is 0 Å². The Labute approximate surface area is 292 Å². The second kappa shape index (κ2) is 14.9. The zero-order valence-electron chi connectivity index (χ0n) is 29.5. The summed E-state index contributed by atoms with van der Waals surface area (Å²) in [6.45, 7) is 8.98. The third-order valence-electron chi connectivity index (χ3n) is 9.32. The van der Waals surface area contributed by atoms with Crippen molar-refractivity contribution >= 4 is 34.8 Å². The normalized spacial score (nSPS) is 20.9. The van der Waals surface area contributed by atoms with Crippen molar-refractivity contribution in [2.24, 2.45) is 5.41 Å². The monoisotopic (exact) mass is 691 g/mol. The third kappa shape index (κ3) is 8.46. The smallest absolute Gasteiger partial charge is 0.412 e. The van der Waals surface area contributed by atoms with E-state index in [0.29, 0.717) is 31.2 Å². The number of fused-ring (bicyclic) bond motifs is 1. The number of carbonyl (C=O) groups is 4. The molecule has 0 bridgehead atoms. The standard InChI is InChI=1S/C38H46FN3O8/c1-24-20-30(39)31(21-29(24)33(43)40-32-16-19-41(23-42(32)36(46)47-6)35(45)50-37(2,3)4)49-27-14-17-38(5,18-15-27)34(44)48-22-26-12-9-11-25-10-7-8-13-28(25)26/h7-13,20-21,27,32H,14-19,22-23H2,1-6H3,(H,40,43)/t27?,32-,38?/m0/s1. The number of ether oxygens (including phenoxy) is 4. The SMILES string of the molecule is COC(=O)N1CN(C(=O)OC(C)(C)C)CC[C@H]1NC(=O)c1cc(OC2CCC(C)(C(=O)OCc3cccc4ccccc34)CC2)c(F)cc1C. The zero-order valence-corrected chi connectivity index (χ0v) is 29.5. The Hall–Kier alpha value is -4.87. The minimum absolute atomic E-state index is 0.0718. The minimum atomic E-state index is -0.793. The molecule has 3 amide bonds. The first kappa shape index (κ1) is 36.4. The number of nitrogens with one attached hydrogen (secondary N) is 1. The zero-order chi connectivity index (χ0) is 36.2. The average Bonchev–Trinajstić information content (AvgIpc) is 3.08. The van der Waals surface area contributed by atoms with E-state index in [1.807, 2.05) is 49.4 Å². The summed E-state index contributed by atoms with van der Waals surface area (Å²) in [5.41, 5.74) is 0.0777. The summed E-state index contributed by atoms with van der Waals surface area (Å²) < 4.78 is 37.4. The molecule has 50 heavy (non-hydrogen) atoms. The molecule has 5 rings (SSSR count). The van der Waals surface area contributed by atoms with Gasteiger partial charge in [0, 0.05) is 18.5 Å². The molecule has 1 N–H and O–H groups in total. The predicted octanol–water partition coefficient (Wildman–Crippen LogP) is 7.08. The van der Waals surface area contributed by atoms with Gasteiger partial charge >= 0.3 is 18.2 Å². The van der Waals surface area contributed by atoms with E-state index in [1.54, 1.807) is 27.7 Å². The van der Waals surface area contributed by atoms with Gasteiger partial charge in [-0.25, -0.2) is 14.0 Å². The highest BCUT2D eigenvalue weighted by Crippen LogP contribution is 2.39. The number of hydrogen-bond acceptors (Lipinski definition) is 8. The summed E-state index contributed by atoms with van der Waals surface area (Å²) in [6, 6.07) is 16.5. The van der Waals surface area contributed by atoms with Gasteiger partial charge in [-0.1, -0.05) is 42.5 Å². The fourth-order valence-electron chi connectivity index (χ4n) is 6.40. The molecule has 0 aromatic heterocycles. The van der Waals surface area contributed by atoms with Gasteiger partial charge in [0.25, 0.3) is 5.91 Å². The first-order chi connectivity index (χ1) is 23.7. The molecule has 0 unspecified atom stereocenters. The van der Waals surface area contributed by atoms with E-state index in [2.05, 4.69) is 5.32 Å². The van der Waals surface area contributed by atoms with Crippen LogP contribution in [0.1, 0.15) is 81.3 Å². The second-order valence-corrected chi connectivity index (χ2v) is 14.3. The van der Waals surface area contributed by atoms with E-state index in [-0.39, 0.29) is 49.6 Å². The Morgan fingerprint density at radius 3 is 2.38 bits per heavy atom. The highest BCUT2D eigenvalue weighted by atomic mass is 19.1. The van der Waals surface area contributed by atoms with E-state index < -0.39 is 41.1 Å². The van der Waals surface area contributed by atoms with Gasteiger partial charge in [0.15, 0.2) is 11.6 Å². The summed E-state index contributed by atoms with van der Waals surface area (Å²) in [4.78, 5) is 54.6. The number of amides is 3. The topological polar surface area (TPSA) is 124 Å². The lowest BCUT2D eigenvalue weighted by Gasteiger charge is -2.41. The van der Waals surface area contributed by atoms with Crippen LogP contribution in [0.15, 0.2) is 54.6 Å². The largest absolute Gasteiger partial charge is 0.487 e. The molecule has 1 atom stereocenters. The Bertz CT molecular complexity index is 1740.